The summed E-state index contributed by atoms with van der Waals surface area (Å²) in [7, 11) is 0. The maximum absolute atomic E-state index is 5.71. The lowest BCUT2D eigenvalue weighted by Crippen LogP contribution is -1.95. The SMILES string of the molecule is C=C/C=C(\C=C/N)Oc1cccc(C(C)C)c1. The molecule has 0 saturated carbocycles. The third kappa shape index (κ3) is 4.19. The minimum absolute atomic E-state index is 0.482. The van der Waals surface area contributed by atoms with Crippen molar-refractivity contribution >= 4 is 0 Å². The van der Waals surface area contributed by atoms with Crippen LogP contribution in [0, 0.1) is 0 Å². The predicted octanol–water partition coefficient (Wildman–Crippen LogP) is 3.73. The lowest BCUT2D eigenvalue weighted by atomic mass is 10.0. The van der Waals surface area contributed by atoms with Crippen LogP contribution in [0.15, 0.2) is 61.0 Å². The largest absolute Gasteiger partial charge is 0.457 e. The van der Waals surface area contributed by atoms with Crippen molar-refractivity contribution in [1.29, 1.82) is 0 Å². The number of hydrogen-bond donors (Lipinski definition) is 1. The number of nitrogens with two attached hydrogens (primary N) is 1. The first kappa shape index (κ1) is 13.1. The second-order valence-corrected chi connectivity index (χ2v) is 3.99. The number of rotatable bonds is 5. The van der Waals surface area contributed by atoms with Crippen LogP contribution in [0.25, 0.3) is 0 Å². The van der Waals surface area contributed by atoms with E-state index in [9.17, 15) is 0 Å². The van der Waals surface area contributed by atoms with Gasteiger partial charge in [0, 0.05) is 0 Å². The van der Waals surface area contributed by atoms with Crippen molar-refractivity contribution in [2.45, 2.75) is 19.8 Å². The monoisotopic (exact) mass is 229 g/mol. The van der Waals surface area contributed by atoms with Crippen molar-refractivity contribution in [2.24, 2.45) is 5.73 Å². The fourth-order valence-corrected chi connectivity index (χ4v) is 1.41. The van der Waals surface area contributed by atoms with Crippen LogP contribution in [-0.2, 0) is 0 Å². The van der Waals surface area contributed by atoms with Gasteiger partial charge in [0.15, 0.2) is 0 Å². The van der Waals surface area contributed by atoms with Crippen LogP contribution in [0.4, 0.5) is 0 Å². The highest BCUT2D eigenvalue weighted by Gasteiger charge is 2.02. The molecule has 2 heteroatoms. The highest BCUT2D eigenvalue weighted by Crippen LogP contribution is 2.21. The van der Waals surface area contributed by atoms with Crippen LogP contribution in [-0.4, -0.2) is 0 Å². The van der Waals surface area contributed by atoms with Gasteiger partial charge in [0.1, 0.15) is 11.5 Å². The van der Waals surface area contributed by atoms with Gasteiger partial charge in [0.25, 0.3) is 0 Å². The summed E-state index contributed by atoms with van der Waals surface area (Å²) in [5.74, 6) is 1.96. The summed E-state index contributed by atoms with van der Waals surface area (Å²) >= 11 is 0. The average molecular weight is 229 g/mol. The van der Waals surface area contributed by atoms with E-state index < -0.39 is 0 Å². The maximum Gasteiger partial charge on any atom is 0.128 e. The molecule has 0 aliphatic carbocycles. The molecule has 0 radical (unpaired) electrons. The molecule has 2 N–H and O–H groups in total. The predicted molar refractivity (Wildman–Crippen MR) is 72.8 cm³/mol. The van der Waals surface area contributed by atoms with Gasteiger partial charge in [0.05, 0.1) is 0 Å². The number of hydrogen-bond acceptors (Lipinski definition) is 2. The maximum atomic E-state index is 5.71. The summed E-state index contributed by atoms with van der Waals surface area (Å²) in [5, 5.41) is 0. The highest BCUT2D eigenvalue weighted by atomic mass is 16.5. The lowest BCUT2D eigenvalue weighted by molar-refractivity contribution is 0.443. The molecule has 1 aromatic rings. The summed E-state index contributed by atoms with van der Waals surface area (Å²) in [5.41, 5.74) is 6.60. The van der Waals surface area contributed by atoms with Gasteiger partial charge in [-0.15, -0.1) is 0 Å². The van der Waals surface area contributed by atoms with Gasteiger partial charge in [-0.05, 0) is 42.0 Å². The van der Waals surface area contributed by atoms with Crippen LogP contribution >= 0.6 is 0 Å². The Morgan fingerprint density at radius 2 is 2.18 bits per heavy atom. The van der Waals surface area contributed by atoms with Crippen molar-refractivity contribution in [3.05, 3.63) is 66.6 Å². The van der Waals surface area contributed by atoms with Crippen molar-refractivity contribution in [1.82, 2.24) is 0 Å². The number of benzene rings is 1. The first-order chi connectivity index (χ1) is 8.17. The smallest absolute Gasteiger partial charge is 0.128 e. The van der Waals surface area contributed by atoms with Crippen LogP contribution in [0.5, 0.6) is 5.75 Å². The molecular weight excluding hydrogens is 210 g/mol. The summed E-state index contributed by atoms with van der Waals surface area (Å²) < 4.78 is 5.71. The van der Waals surface area contributed by atoms with Crippen LogP contribution in [0.3, 0.4) is 0 Å². The average Bonchev–Trinajstić information content (AvgIpc) is 2.30. The molecule has 0 amide bonds. The fourth-order valence-electron chi connectivity index (χ4n) is 1.41. The van der Waals surface area contributed by atoms with Gasteiger partial charge >= 0.3 is 0 Å². The molecule has 0 atom stereocenters. The van der Waals surface area contributed by atoms with Crippen molar-refractivity contribution in [2.75, 3.05) is 0 Å². The summed E-state index contributed by atoms with van der Waals surface area (Å²) in [6.45, 7) is 7.94. The zero-order valence-corrected chi connectivity index (χ0v) is 10.4. The Hall–Kier alpha value is -1.96. The van der Waals surface area contributed by atoms with Crippen LogP contribution in [0.2, 0.25) is 0 Å². The fraction of sp³-hybridized carbons (Fsp3) is 0.200. The minimum Gasteiger partial charge on any atom is -0.457 e. The summed E-state index contributed by atoms with van der Waals surface area (Å²) in [6, 6.07) is 8.04. The molecule has 0 aromatic heterocycles. The van der Waals surface area contributed by atoms with Gasteiger partial charge in [0.2, 0.25) is 0 Å². The Bertz CT molecular complexity index is 430. The molecule has 0 heterocycles. The van der Waals surface area contributed by atoms with E-state index in [1.807, 2.05) is 18.2 Å². The number of ether oxygens (including phenoxy) is 1. The molecule has 0 fully saturated rings. The second-order valence-electron chi connectivity index (χ2n) is 3.99. The van der Waals surface area contributed by atoms with E-state index in [-0.39, 0.29) is 0 Å². The molecule has 0 aliphatic rings. The molecule has 0 spiro atoms. The standard InChI is InChI=1S/C15H19NO/c1-4-6-14(9-10-16)17-15-8-5-7-13(11-15)12(2)3/h4-12H,1,16H2,2-3H3/b10-9-,14-6+. The van der Waals surface area contributed by atoms with E-state index in [1.54, 1.807) is 18.2 Å². The van der Waals surface area contributed by atoms with E-state index in [1.165, 1.54) is 11.8 Å². The third-order valence-corrected chi connectivity index (χ3v) is 2.30. The molecular formula is C15H19NO. The van der Waals surface area contributed by atoms with E-state index in [4.69, 9.17) is 10.5 Å². The molecule has 1 aromatic carbocycles. The normalized spacial score (nSPS) is 12.1. The number of allylic oxidation sites excluding steroid dienone is 3. The molecule has 0 aliphatic heterocycles. The Balaban J connectivity index is 2.90. The van der Waals surface area contributed by atoms with Crippen molar-refractivity contribution < 1.29 is 4.74 Å². The Labute approximate surface area is 103 Å². The summed E-state index contributed by atoms with van der Waals surface area (Å²) in [4.78, 5) is 0. The van der Waals surface area contributed by atoms with E-state index in [2.05, 4.69) is 26.5 Å². The van der Waals surface area contributed by atoms with Crippen LogP contribution in [0.1, 0.15) is 25.3 Å². The lowest BCUT2D eigenvalue weighted by Gasteiger charge is -2.10. The molecule has 0 bridgehead atoms. The quantitative estimate of drug-likeness (QED) is 0.616. The first-order valence-electron chi connectivity index (χ1n) is 5.66. The third-order valence-electron chi connectivity index (χ3n) is 2.30. The molecule has 0 unspecified atom stereocenters. The van der Waals surface area contributed by atoms with Gasteiger partial charge in [-0.25, -0.2) is 0 Å². The highest BCUT2D eigenvalue weighted by molar-refractivity contribution is 5.33. The Morgan fingerprint density at radius 3 is 2.76 bits per heavy atom. The molecule has 2 nitrogen and oxygen atoms in total. The van der Waals surface area contributed by atoms with E-state index >= 15 is 0 Å². The van der Waals surface area contributed by atoms with Gasteiger partial charge in [-0.2, -0.15) is 0 Å². The second kappa shape index (κ2) is 6.59. The minimum atomic E-state index is 0.482. The molecule has 0 saturated heterocycles. The van der Waals surface area contributed by atoms with Crippen molar-refractivity contribution in [3.8, 4) is 5.75 Å². The van der Waals surface area contributed by atoms with Gasteiger partial charge in [-0.1, -0.05) is 38.6 Å². The Morgan fingerprint density at radius 1 is 1.41 bits per heavy atom. The zero-order valence-electron chi connectivity index (χ0n) is 10.4. The van der Waals surface area contributed by atoms with Crippen LogP contribution < -0.4 is 10.5 Å². The van der Waals surface area contributed by atoms with Gasteiger partial charge in [-0.3, -0.25) is 0 Å². The molecule has 17 heavy (non-hydrogen) atoms. The van der Waals surface area contributed by atoms with E-state index in [0.29, 0.717) is 11.7 Å². The molecule has 90 valence electrons. The zero-order chi connectivity index (χ0) is 12.7. The van der Waals surface area contributed by atoms with E-state index in [0.717, 1.165) is 5.75 Å². The Kier molecular flexibility index (Phi) is 5.08. The van der Waals surface area contributed by atoms with Crippen molar-refractivity contribution in [3.63, 3.8) is 0 Å². The summed E-state index contributed by atoms with van der Waals surface area (Å²) in [6.07, 6.45) is 6.58. The van der Waals surface area contributed by atoms with Gasteiger partial charge < -0.3 is 10.5 Å². The first-order valence-corrected chi connectivity index (χ1v) is 5.66. The topological polar surface area (TPSA) is 35.2 Å². The molecule has 1 rings (SSSR count).